The number of unbranched alkanes of at least 4 members (excludes halogenated alkanes) is 1. The summed E-state index contributed by atoms with van der Waals surface area (Å²) in [5, 5.41) is 17.6. The van der Waals surface area contributed by atoms with E-state index in [0.717, 1.165) is 28.7 Å². The summed E-state index contributed by atoms with van der Waals surface area (Å²) in [7, 11) is 0. The van der Waals surface area contributed by atoms with Crippen LogP contribution in [0.1, 0.15) is 75.3 Å². The van der Waals surface area contributed by atoms with Crippen LogP contribution in [0.4, 0.5) is 16.2 Å². The number of carbonyl (C=O) groups is 6. The van der Waals surface area contributed by atoms with Crippen molar-refractivity contribution in [3.8, 4) is 11.1 Å². The van der Waals surface area contributed by atoms with Crippen molar-refractivity contribution in [2.75, 3.05) is 43.6 Å². The van der Waals surface area contributed by atoms with E-state index in [1.165, 1.54) is 0 Å². The molecule has 0 bridgehead atoms. The number of hydrogen-bond donors (Lipinski definition) is 4. The van der Waals surface area contributed by atoms with Crippen LogP contribution in [0.25, 0.3) is 11.1 Å². The van der Waals surface area contributed by atoms with Gasteiger partial charge in [0.1, 0.15) is 6.61 Å². The van der Waals surface area contributed by atoms with Gasteiger partial charge in [0.2, 0.25) is 17.7 Å². The quantitative estimate of drug-likeness (QED) is 0.112. The lowest BCUT2D eigenvalue weighted by atomic mass is 9.97. The Morgan fingerprint density at radius 1 is 0.830 bits per heavy atom. The van der Waals surface area contributed by atoms with Gasteiger partial charge in [-0.2, -0.15) is 0 Å². The minimum absolute atomic E-state index is 0.0494. The van der Waals surface area contributed by atoms with Crippen molar-refractivity contribution >= 4 is 47.1 Å². The number of nitrogens with zero attached hydrogens (tertiary/aromatic N) is 1. The van der Waals surface area contributed by atoms with Crippen LogP contribution >= 0.6 is 0 Å². The molecule has 0 saturated carbocycles. The third-order valence-electron chi connectivity index (χ3n) is 7.65. The minimum Gasteiger partial charge on any atom is -0.432 e. The third-order valence-corrected chi connectivity index (χ3v) is 7.65. The second kappa shape index (κ2) is 17.2. The molecule has 47 heavy (non-hydrogen) atoms. The van der Waals surface area contributed by atoms with E-state index >= 15 is 0 Å². The molecule has 1 fully saturated rings. The normalized spacial score (nSPS) is 14.8. The van der Waals surface area contributed by atoms with Gasteiger partial charge in [0, 0.05) is 69.2 Å². The predicted octanol–water partition coefficient (Wildman–Crippen LogP) is 3.38. The van der Waals surface area contributed by atoms with E-state index in [1.807, 2.05) is 12.1 Å². The van der Waals surface area contributed by atoms with Gasteiger partial charge in [-0.25, -0.2) is 4.79 Å². The maximum absolute atomic E-state index is 12.7. The molecular formula is C33H40N4O10. The number of imide groups is 1. The van der Waals surface area contributed by atoms with Crippen molar-refractivity contribution in [3.05, 3.63) is 47.5 Å². The van der Waals surface area contributed by atoms with E-state index in [2.05, 4.69) is 16.0 Å². The van der Waals surface area contributed by atoms with Gasteiger partial charge < -0.3 is 30.5 Å². The van der Waals surface area contributed by atoms with E-state index in [-0.39, 0.29) is 56.6 Å². The number of amides is 5. The number of aliphatic hydroxyl groups is 1. The zero-order valence-electron chi connectivity index (χ0n) is 26.3. The summed E-state index contributed by atoms with van der Waals surface area (Å²) in [5.74, 6) is -2.40. The van der Waals surface area contributed by atoms with Crippen LogP contribution in [0.5, 0.6) is 0 Å². The predicted molar refractivity (Wildman–Crippen MR) is 169 cm³/mol. The molecule has 1 aliphatic heterocycles. The number of fused-ring (bicyclic) bond motifs is 3. The monoisotopic (exact) mass is 652 g/mol. The fourth-order valence-corrected chi connectivity index (χ4v) is 5.26. The maximum atomic E-state index is 12.7. The largest absolute Gasteiger partial charge is 0.533 e. The van der Waals surface area contributed by atoms with Crippen molar-refractivity contribution in [2.24, 2.45) is 0 Å². The average molecular weight is 653 g/mol. The van der Waals surface area contributed by atoms with Crippen LogP contribution in [0.2, 0.25) is 0 Å². The summed E-state index contributed by atoms with van der Waals surface area (Å²) in [4.78, 5) is 77.9. The van der Waals surface area contributed by atoms with Gasteiger partial charge in [0.15, 0.2) is 0 Å². The number of nitrogens with one attached hydrogen (secondary N) is 3. The number of benzene rings is 2. The zero-order valence-corrected chi connectivity index (χ0v) is 26.3. The molecule has 14 heteroatoms. The van der Waals surface area contributed by atoms with Crippen molar-refractivity contribution in [2.45, 2.75) is 64.2 Å². The molecule has 1 aliphatic carbocycles. The lowest BCUT2D eigenvalue weighted by Crippen LogP contribution is -2.32. The molecule has 0 radical (unpaired) electrons. The smallest absolute Gasteiger partial charge is 0.432 e. The lowest BCUT2D eigenvalue weighted by molar-refractivity contribution is -0.177. The minimum atomic E-state index is -1.21. The second-order valence-electron chi connectivity index (χ2n) is 11.1. The molecule has 2 aromatic rings. The molecule has 5 amide bonds. The standard InChI is InChI=1S/C33H40N4O10/c1-2-28(39)35-21-8-10-23-24-11-9-22(36-30(41)7-5-6-29(40)34-14-17-45-16-4-3-15-38)19-26(24)27(25(23)18-21)20-46-33(44)47-37-31(42)12-13-32(37)43/h8-11,18-19,27,38H,2-7,12-17,20H2,1H3,(H,34,40)(H,35,39)(H,36,41). The highest BCUT2D eigenvalue weighted by Crippen LogP contribution is 2.47. The Kier molecular flexibility index (Phi) is 12.8. The molecule has 0 aromatic heterocycles. The number of hydroxylamine groups is 2. The van der Waals surface area contributed by atoms with Crippen LogP contribution in [0.15, 0.2) is 36.4 Å². The van der Waals surface area contributed by atoms with Crippen molar-refractivity contribution in [3.63, 3.8) is 0 Å². The van der Waals surface area contributed by atoms with Gasteiger partial charge >= 0.3 is 6.16 Å². The van der Waals surface area contributed by atoms with Gasteiger partial charge in [-0.15, -0.1) is 0 Å². The van der Waals surface area contributed by atoms with Crippen LogP contribution < -0.4 is 16.0 Å². The number of hydrogen-bond acceptors (Lipinski definition) is 10. The zero-order chi connectivity index (χ0) is 33.8. The Morgan fingerprint density at radius 2 is 1.45 bits per heavy atom. The molecule has 0 spiro atoms. The van der Waals surface area contributed by atoms with Crippen LogP contribution in [-0.2, 0) is 38.3 Å². The topological polar surface area (TPSA) is 190 Å². The molecule has 1 unspecified atom stereocenters. The first-order valence-corrected chi connectivity index (χ1v) is 15.7. The number of aliphatic hydroxyl groups excluding tert-OH is 1. The highest BCUT2D eigenvalue weighted by molar-refractivity contribution is 6.01. The highest BCUT2D eigenvalue weighted by atomic mass is 16.8. The van der Waals surface area contributed by atoms with Gasteiger partial charge in [-0.05, 0) is 65.8 Å². The maximum Gasteiger partial charge on any atom is 0.533 e. The van der Waals surface area contributed by atoms with Gasteiger partial charge in [0.05, 0.1) is 6.61 Å². The Balaban J connectivity index is 1.36. The fourth-order valence-electron chi connectivity index (χ4n) is 5.26. The third kappa shape index (κ3) is 9.83. The number of rotatable bonds is 17. The SMILES string of the molecule is CCC(=O)Nc1ccc2c(c1)C(COC(=O)ON1C(=O)CCC1=O)c1cc(NC(=O)CCCC(=O)NCCOCCCCO)ccc1-2. The van der Waals surface area contributed by atoms with Crippen molar-refractivity contribution in [1.82, 2.24) is 10.4 Å². The Hall–Kier alpha value is -4.82. The van der Waals surface area contributed by atoms with Gasteiger partial charge in [-0.3, -0.25) is 28.8 Å². The summed E-state index contributed by atoms with van der Waals surface area (Å²) in [6, 6.07) is 10.8. The van der Waals surface area contributed by atoms with E-state index in [9.17, 15) is 28.8 Å². The van der Waals surface area contributed by atoms with E-state index in [1.54, 1.807) is 31.2 Å². The Bertz CT molecular complexity index is 1480. The first-order valence-electron chi connectivity index (χ1n) is 15.7. The van der Waals surface area contributed by atoms with E-state index < -0.39 is 23.9 Å². The molecule has 1 atom stereocenters. The second-order valence-corrected chi connectivity index (χ2v) is 11.1. The lowest BCUT2D eigenvalue weighted by Gasteiger charge is -2.17. The average Bonchev–Trinajstić information content (AvgIpc) is 3.53. The fraction of sp³-hybridized carbons (Fsp3) is 0.455. The van der Waals surface area contributed by atoms with Crippen molar-refractivity contribution < 1.29 is 48.2 Å². The molecule has 1 heterocycles. The molecular weight excluding hydrogens is 612 g/mol. The van der Waals surface area contributed by atoms with Gasteiger partial charge in [0.25, 0.3) is 11.8 Å². The van der Waals surface area contributed by atoms with Crippen molar-refractivity contribution in [1.29, 1.82) is 0 Å². The summed E-state index contributed by atoms with van der Waals surface area (Å²) in [6.45, 7) is 2.92. The van der Waals surface area contributed by atoms with Crippen LogP contribution in [-0.4, -0.2) is 78.8 Å². The summed E-state index contributed by atoms with van der Waals surface area (Å²) in [6.07, 6.45) is 1.05. The van der Waals surface area contributed by atoms with Crippen LogP contribution in [0.3, 0.4) is 0 Å². The first kappa shape index (κ1) is 35.0. The summed E-state index contributed by atoms with van der Waals surface area (Å²) >= 11 is 0. The molecule has 4 rings (SSSR count). The Labute approximate surface area is 272 Å². The Morgan fingerprint density at radius 3 is 2.06 bits per heavy atom. The number of anilines is 2. The number of ether oxygens (including phenoxy) is 2. The molecule has 4 N–H and O–H groups in total. The van der Waals surface area contributed by atoms with E-state index in [0.29, 0.717) is 55.5 Å². The molecule has 2 aliphatic rings. The molecule has 2 aromatic carbocycles. The van der Waals surface area contributed by atoms with Gasteiger partial charge in [-0.1, -0.05) is 24.1 Å². The highest BCUT2D eigenvalue weighted by Gasteiger charge is 2.35. The molecule has 252 valence electrons. The molecule has 14 nitrogen and oxygen atoms in total. The number of carbonyl (C=O) groups excluding carboxylic acids is 6. The van der Waals surface area contributed by atoms with Crippen LogP contribution in [0, 0.1) is 0 Å². The first-order chi connectivity index (χ1) is 22.7. The summed E-state index contributed by atoms with van der Waals surface area (Å²) < 4.78 is 10.7. The van der Waals surface area contributed by atoms with E-state index in [4.69, 9.17) is 19.4 Å². The summed E-state index contributed by atoms with van der Waals surface area (Å²) in [5.41, 5.74) is 4.26. The molecule has 1 saturated heterocycles.